The summed E-state index contributed by atoms with van der Waals surface area (Å²) in [5.41, 5.74) is 24.9. The van der Waals surface area contributed by atoms with Crippen molar-refractivity contribution in [2.24, 2.45) is 0 Å². The van der Waals surface area contributed by atoms with Gasteiger partial charge in [0.25, 0.3) is 0 Å². The number of hydrogen-bond donors (Lipinski definition) is 0. The van der Waals surface area contributed by atoms with Crippen LogP contribution in [0.4, 0.5) is 51.2 Å². The van der Waals surface area contributed by atoms with Crippen molar-refractivity contribution in [3.8, 4) is 0 Å². The molecule has 3 nitrogen and oxygen atoms in total. The Bertz CT molecular complexity index is 3570. The third-order valence-electron chi connectivity index (χ3n) is 17.0. The summed E-state index contributed by atoms with van der Waals surface area (Å²) in [7, 11) is -2.51. The van der Waals surface area contributed by atoms with Crippen LogP contribution in [0.2, 0.25) is 13.1 Å². The van der Waals surface area contributed by atoms with Gasteiger partial charge in [-0.05, 0) is 24.8 Å². The van der Waals surface area contributed by atoms with E-state index in [0.29, 0.717) is 0 Å². The maximum atomic E-state index is 2.69. The summed E-state index contributed by atoms with van der Waals surface area (Å²) >= 11 is 0. The molecule has 0 radical (unpaired) electrons. The molecule has 4 heterocycles. The van der Waals surface area contributed by atoms with Crippen LogP contribution in [0.15, 0.2) is 194 Å². The van der Waals surface area contributed by atoms with Crippen molar-refractivity contribution in [2.45, 2.75) is 84.7 Å². The molecule has 354 valence electrons. The Labute approximate surface area is 428 Å². The first-order valence-corrected chi connectivity index (χ1v) is 29.7. The van der Waals surface area contributed by atoms with Gasteiger partial charge in [0.2, 0.25) is 0 Å². The molecule has 0 saturated heterocycles. The van der Waals surface area contributed by atoms with Gasteiger partial charge in [-0.15, -0.1) is 0 Å². The summed E-state index contributed by atoms with van der Waals surface area (Å²) in [5, 5.41) is 3.09. The first-order valence-electron chi connectivity index (χ1n) is 26.2. The van der Waals surface area contributed by atoms with Crippen LogP contribution in [0.5, 0.6) is 0 Å². The minimum absolute atomic E-state index is 0.0187. The Morgan fingerprint density at radius 1 is 0.431 bits per heavy atom. The fraction of sp³-hybridized carbons (Fsp3) is 0.194. The summed E-state index contributed by atoms with van der Waals surface area (Å²) in [5.74, 6) is 0. The molecule has 0 saturated carbocycles. The van der Waals surface area contributed by atoms with Gasteiger partial charge >= 0.3 is 338 Å². The molecule has 0 amide bonds. The third kappa shape index (κ3) is 6.29. The average Bonchev–Trinajstić information content (AvgIpc) is 3.37. The summed E-state index contributed by atoms with van der Waals surface area (Å²) in [6.07, 6.45) is 0. The number of benzene rings is 9. The van der Waals surface area contributed by atoms with Crippen LogP contribution in [0.3, 0.4) is 0 Å². The Morgan fingerprint density at radius 2 is 0.944 bits per heavy atom. The SMILES string of the molecule is Cc1ccc(N(c2ccc(C)cc2)c2cc3c4c(c2)N2c5ccccc5C5(c6ccccc6[SiH-](C)(C)c6ccccc65)c5cccc(c52)B4c2cc(C(C)(C)C)ccc2N3c2ccc(C(C)(C)C)cc2)cc1. The molecular weight excluding hydrogens is 886 g/mol. The molecule has 1 spiro atoms. The Hall–Kier alpha value is -7.34. The summed E-state index contributed by atoms with van der Waals surface area (Å²) in [6.45, 7) is 23.5. The zero-order valence-corrected chi connectivity index (χ0v) is 44.6. The van der Waals surface area contributed by atoms with E-state index in [1.165, 1.54) is 89.3 Å². The number of fused-ring (bicyclic) bond motifs is 12. The van der Waals surface area contributed by atoms with Gasteiger partial charge in [0.05, 0.1) is 0 Å². The minimum atomic E-state index is -2.51. The maximum absolute atomic E-state index is 2.69. The summed E-state index contributed by atoms with van der Waals surface area (Å²) in [6, 6.07) is 75.7. The van der Waals surface area contributed by atoms with E-state index in [2.05, 4.69) is 277 Å². The van der Waals surface area contributed by atoms with Crippen LogP contribution in [0.25, 0.3) is 0 Å². The fourth-order valence-corrected chi connectivity index (χ4v) is 17.1. The van der Waals surface area contributed by atoms with E-state index >= 15 is 0 Å². The molecule has 0 N–H and O–H groups in total. The van der Waals surface area contributed by atoms with Crippen LogP contribution in [-0.2, 0) is 16.2 Å². The van der Waals surface area contributed by atoms with E-state index in [4.69, 9.17) is 0 Å². The Morgan fingerprint density at radius 3 is 1.53 bits per heavy atom. The number of aryl methyl sites for hydroxylation is 2. The molecule has 9 aromatic carbocycles. The van der Waals surface area contributed by atoms with Crippen molar-refractivity contribution < 1.29 is 0 Å². The fourth-order valence-electron chi connectivity index (χ4n) is 13.4. The molecule has 4 aliphatic rings. The van der Waals surface area contributed by atoms with Crippen molar-refractivity contribution in [1.29, 1.82) is 0 Å². The van der Waals surface area contributed by atoms with Crippen LogP contribution in [-0.4, -0.2) is 14.8 Å². The van der Waals surface area contributed by atoms with Crippen molar-refractivity contribution in [1.82, 2.24) is 0 Å². The zero-order valence-electron chi connectivity index (χ0n) is 43.5. The molecule has 72 heavy (non-hydrogen) atoms. The van der Waals surface area contributed by atoms with Crippen molar-refractivity contribution >= 4 is 92.7 Å². The van der Waals surface area contributed by atoms with Gasteiger partial charge in [-0.2, -0.15) is 0 Å². The van der Waals surface area contributed by atoms with E-state index in [0.717, 1.165) is 22.7 Å². The quantitative estimate of drug-likeness (QED) is 0.163. The summed E-state index contributed by atoms with van der Waals surface area (Å²) in [4.78, 5) is 7.75. The molecular formula is C67H63BN3Si-. The van der Waals surface area contributed by atoms with Gasteiger partial charge in [-0.3, -0.25) is 0 Å². The Kier molecular flexibility index (Phi) is 9.65. The zero-order chi connectivity index (χ0) is 49.6. The Balaban J connectivity index is 1.19. The smallest absolute Gasteiger partial charge is 0.0572 e. The second-order valence-electron chi connectivity index (χ2n) is 23.9. The normalized spacial score (nSPS) is 17.0. The molecule has 0 unspecified atom stereocenters. The van der Waals surface area contributed by atoms with Gasteiger partial charge in [-0.25, -0.2) is 0 Å². The number of para-hydroxylation sites is 2. The molecule has 9 aromatic rings. The molecule has 0 aliphatic carbocycles. The van der Waals surface area contributed by atoms with E-state index < -0.39 is 13.5 Å². The van der Waals surface area contributed by atoms with Gasteiger partial charge in [0.1, 0.15) is 0 Å². The van der Waals surface area contributed by atoms with Crippen LogP contribution < -0.4 is 41.5 Å². The second-order valence-corrected chi connectivity index (χ2v) is 28.9. The average molecular weight is 949 g/mol. The number of hydrogen-bond acceptors (Lipinski definition) is 3. The van der Waals surface area contributed by atoms with Crippen molar-refractivity contribution in [2.75, 3.05) is 14.7 Å². The molecule has 0 atom stereocenters. The molecule has 0 aromatic heterocycles. The molecule has 5 heteroatoms. The monoisotopic (exact) mass is 948 g/mol. The van der Waals surface area contributed by atoms with Crippen LogP contribution in [0.1, 0.15) is 86.1 Å². The van der Waals surface area contributed by atoms with Gasteiger partial charge in [-0.1, -0.05) is 68.3 Å². The number of rotatable bonds is 4. The molecule has 4 aliphatic heterocycles. The van der Waals surface area contributed by atoms with E-state index in [-0.39, 0.29) is 17.5 Å². The van der Waals surface area contributed by atoms with Crippen LogP contribution >= 0.6 is 0 Å². The predicted molar refractivity (Wildman–Crippen MR) is 312 cm³/mol. The molecule has 0 fully saturated rings. The number of nitrogens with zero attached hydrogens (tertiary/aromatic N) is 3. The van der Waals surface area contributed by atoms with E-state index in [1.807, 2.05) is 0 Å². The van der Waals surface area contributed by atoms with Crippen molar-refractivity contribution in [3.63, 3.8) is 0 Å². The number of anilines is 9. The minimum Gasteiger partial charge on any atom is -0.0572 e. The second kappa shape index (κ2) is 15.6. The first-order chi connectivity index (χ1) is 34.6. The first kappa shape index (κ1) is 44.6. The van der Waals surface area contributed by atoms with Crippen LogP contribution in [0, 0.1) is 13.8 Å². The van der Waals surface area contributed by atoms with E-state index in [9.17, 15) is 0 Å². The third-order valence-corrected chi connectivity index (χ3v) is 21.1. The summed E-state index contributed by atoms with van der Waals surface area (Å²) < 4.78 is 0. The topological polar surface area (TPSA) is 9.72 Å². The van der Waals surface area contributed by atoms with Gasteiger partial charge in [0, 0.05) is 0 Å². The van der Waals surface area contributed by atoms with E-state index in [1.54, 1.807) is 10.4 Å². The molecule has 13 rings (SSSR count). The van der Waals surface area contributed by atoms with Gasteiger partial charge < -0.3 is 0 Å². The van der Waals surface area contributed by atoms with Crippen molar-refractivity contribution in [3.05, 3.63) is 239 Å². The molecule has 0 bridgehead atoms. The van der Waals surface area contributed by atoms with Gasteiger partial charge in [0.15, 0.2) is 0 Å². The standard InChI is InChI=1S/C67H63BN3Si/c1-43-26-33-47(34-27-43)69(48-35-28-44(2)29-36-48)50-41-59-63-60(42-50)71-57-23-14-11-18-51(57)67(52-19-12-15-24-61(52)72(9,10)62-25-16-13-20-53(62)67)54-21-17-22-55(64(54)71)68(63)56-40-46(66(6,7)8)32-39-58(56)70(59)49-37-30-45(31-38-49)65(3,4)5/h11-42,72H,1-10H3/q-1. The predicted octanol–water partition coefficient (Wildman–Crippen LogP) is 14.0.